The SMILES string of the molecule is C[Si](C)(C)CCOCn1cnc2c(-c3cn[nH]c3)ccnc21. The van der Waals surface area contributed by atoms with Crippen LogP contribution in [0.5, 0.6) is 0 Å². The number of hydrogen-bond donors (Lipinski definition) is 1. The van der Waals surface area contributed by atoms with Gasteiger partial charge in [0.2, 0.25) is 0 Å². The van der Waals surface area contributed by atoms with Crippen molar-refractivity contribution >= 4 is 19.2 Å². The summed E-state index contributed by atoms with van der Waals surface area (Å²) in [4.78, 5) is 8.93. The summed E-state index contributed by atoms with van der Waals surface area (Å²) in [7, 11) is -1.05. The van der Waals surface area contributed by atoms with Gasteiger partial charge in [-0.05, 0) is 12.1 Å². The number of aromatic amines is 1. The third-order valence-electron chi connectivity index (χ3n) is 3.54. The molecule has 0 aromatic carbocycles. The molecule has 3 aromatic heterocycles. The molecule has 116 valence electrons. The first-order chi connectivity index (χ1) is 10.5. The molecule has 0 bridgehead atoms. The van der Waals surface area contributed by atoms with Crippen LogP contribution in [0.15, 0.2) is 31.0 Å². The monoisotopic (exact) mass is 315 g/mol. The van der Waals surface area contributed by atoms with Gasteiger partial charge in [0, 0.05) is 38.2 Å². The van der Waals surface area contributed by atoms with Crippen LogP contribution in [0.3, 0.4) is 0 Å². The Bertz CT molecular complexity index is 745. The highest BCUT2D eigenvalue weighted by Crippen LogP contribution is 2.25. The standard InChI is InChI=1S/C15H21N5OSi/c1-22(2,3)7-6-21-11-20-10-17-14-13(4-5-16-15(14)20)12-8-18-19-9-12/h4-5,8-10H,6-7,11H2,1-3H3,(H,18,19). The van der Waals surface area contributed by atoms with Crippen LogP contribution in [0.4, 0.5) is 0 Å². The van der Waals surface area contributed by atoms with E-state index in [1.807, 2.05) is 16.8 Å². The number of hydrogen-bond acceptors (Lipinski definition) is 4. The predicted octanol–water partition coefficient (Wildman–Crippen LogP) is 3.13. The molecule has 0 aliphatic rings. The minimum atomic E-state index is -1.05. The number of H-pyrrole nitrogens is 1. The summed E-state index contributed by atoms with van der Waals surface area (Å²) in [6.07, 6.45) is 7.23. The van der Waals surface area contributed by atoms with Crippen molar-refractivity contribution in [3.05, 3.63) is 31.0 Å². The Balaban J connectivity index is 1.77. The molecule has 3 aromatic rings. The van der Waals surface area contributed by atoms with Gasteiger partial charge in [-0.3, -0.25) is 9.67 Å². The van der Waals surface area contributed by atoms with E-state index in [1.54, 1.807) is 18.7 Å². The fourth-order valence-corrected chi connectivity index (χ4v) is 2.99. The lowest BCUT2D eigenvalue weighted by molar-refractivity contribution is 0.0895. The number of nitrogens with zero attached hydrogens (tertiary/aromatic N) is 4. The Hall–Kier alpha value is -1.99. The first-order valence-corrected chi connectivity index (χ1v) is 11.1. The number of fused-ring (bicyclic) bond motifs is 1. The molecule has 6 nitrogen and oxygen atoms in total. The van der Waals surface area contributed by atoms with Crippen LogP contribution in [-0.4, -0.2) is 39.4 Å². The molecule has 0 aliphatic heterocycles. The summed E-state index contributed by atoms with van der Waals surface area (Å²) in [5, 5.41) is 6.82. The third-order valence-corrected chi connectivity index (χ3v) is 5.24. The highest BCUT2D eigenvalue weighted by atomic mass is 28.3. The number of aromatic nitrogens is 5. The van der Waals surface area contributed by atoms with Crippen LogP contribution >= 0.6 is 0 Å². The zero-order valence-corrected chi connectivity index (χ0v) is 14.2. The van der Waals surface area contributed by atoms with Gasteiger partial charge in [-0.15, -0.1) is 0 Å². The maximum absolute atomic E-state index is 5.79. The van der Waals surface area contributed by atoms with Gasteiger partial charge in [-0.25, -0.2) is 9.97 Å². The summed E-state index contributed by atoms with van der Waals surface area (Å²) >= 11 is 0. The first kappa shape index (κ1) is 14.9. The van der Waals surface area contributed by atoms with E-state index >= 15 is 0 Å². The van der Waals surface area contributed by atoms with Crippen molar-refractivity contribution in [3.8, 4) is 11.1 Å². The molecule has 0 saturated carbocycles. The number of imidazole rings is 1. The lowest BCUT2D eigenvalue weighted by Gasteiger charge is -2.15. The molecule has 3 rings (SSSR count). The maximum atomic E-state index is 5.79. The van der Waals surface area contributed by atoms with E-state index in [0.717, 1.165) is 34.9 Å². The second-order valence-corrected chi connectivity index (χ2v) is 12.2. The average molecular weight is 315 g/mol. The number of rotatable bonds is 6. The molecular formula is C15H21N5OSi. The molecule has 0 radical (unpaired) electrons. The fraction of sp³-hybridized carbons (Fsp3) is 0.400. The van der Waals surface area contributed by atoms with Crippen LogP contribution in [-0.2, 0) is 11.5 Å². The second kappa shape index (κ2) is 6.02. The molecule has 0 saturated heterocycles. The Morgan fingerprint density at radius 1 is 1.27 bits per heavy atom. The van der Waals surface area contributed by atoms with E-state index in [-0.39, 0.29) is 0 Å². The summed E-state index contributed by atoms with van der Waals surface area (Å²) in [5.74, 6) is 0. The van der Waals surface area contributed by atoms with E-state index in [1.165, 1.54) is 0 Å². The fourth-order valence-electron chi connectivity index (χ4n) is 2.23. The van der Waals surface area contributed by atoms with Crippen molar-refractivity contribution < 1.29 is 4.74 Å². The van der Waals surface area contributed by atoms with Gasteiger partial charge < -0.3 is 4.74 Å². The predicted molar refractivity (Wildman–Crippen MR) is 89.2 cm³/mol. The molecule has 7 heteroatoms. The Labute approximate surface area is 130 Å². The summed E-state index contributed by atoms with van der Waals surface area (Å²) in [6, 6.07) is 3.11. The molecule has 1 N–H and O–H groups in total. The van der Waals surface area contributed by atoms with Crippen molar-refractivity contribution in [2.24, 2.45) is 0 Å². The van der Waals surface area contributed by atoms with Crippen LogP contribution < -0.4 is 0 Å². The first-order valence-electron chi connectivity index (χ1n) is 7.41. The van der Waals surface area contributed by atoms with Crippen molar-refractivity contribution in [2.45, 2.75) is 32.4 Å². The lowest BCUT2D eigenvalue weighted by Crippen LogP contribution is -2.22. The zero-order valence-electron chi connectivity index (χ0n) is 13.2. The highest BCUT2D eigenvalue weighted by Gasteiger charge is 2.13. The van der Waals surface area contributed by atoms with Crippen LogP contribution in [0, 0.1) is 0 Å². The van der Waals surface area contributed by atoms with E-state index in [2.05, 4.69) is 39.8 Å². The van der Waals surface area contributed by atoms with Crippen LogP contribution in [0.1, 0.15) is 0 Å². The van der Waals surface area contributed by atoms with E-state index < -0.39 is 8.07 Å². The summed E-state index contributed by atoms with van der Waals surface area (Å²) in [5.41, 5.74) is 3.75. The lowest BCUT2D eigenvalue weighted by atomic mass is 10.1. The molecule has 0 aliphatic carbocycles. The van der Waals surface area contributed by atoms with Crippen molar-refractivity contribution in [2.75, 3.05) is 6.61 Å². The molecule has 3 heterocycles. The quantitative estimate of drug-likeness (QED) is 0.560. The van der Waals surface area contributed by atoms with Gasteiger partial charge in [0.05, 0.1) is 12.5 Å². The second-order valence-electron chi connectivity index (χ2n) is 6.58. The molecule has 0 spiro atoms. The largest absolute Gasteiger partial charge is 0.361 e. The minimum Gasteiger partial charge on any atom is -0.361 e. The zero-order chi connectivity index (χ0) is 15.6. The Morgan fingerprint density at radius 3 is 2.86 bits per heavy atom. The third kappa shape index (κ3) is 3.25. The van der Waals surface area contributed by atoms with E-state index in [0.29, 0.717) is 6.73 Å². The van der Waals surface area contributed by atoms with Gasteiger partial charge in [0.25, 0.3) is 0 Å². The number of pyridine rings is 1. The molecule has 0 amide bonds. The van der Waals surface area contributed by atoms with Gasteiger partial charge in [0.1, 0.15) is 12.2 Å². The topological polar surface area (TPSA) is 68.6 Å². The number of nitrogens with one attached hydrogen (secondary N) is 1. The van der Waals surface area contributed by atoms with Crippen molar-refractivity contribution in [1.82, 2.24) is 24.7 Å². The Kier molecular flexibility index (Phi) is 4.08. The molecule has 0 atom stereocenters. The minimum absolute atomic E-state index is 0.489. The average Bonchev–Trinajstić information content (AvgIpc) is 3.12. The molecule has 0 fully saturated rings. The van der Waals surface area contributed by atoms with E-state index in [4.69, 9.17) is 4.74 Å². The van der Waals surface area contributed by atoms with Crippen LogP contribution in [0.2, 0.25) is 25.7 Å². The van der Waals surface area contributed by atoms with Crippen molar-refractivity contribution in [3.63, 3.8) is 0 Å². The van der Waals surface area contributed by atoms with Crippen molar-refractivity contribution in [1.29, 1.82) is 0 Å². The van der Waals surface area contributed by atoms with Gasteiger partial charge in [-0.2, -0.15) is 5.10 Å². The maximum Gasteiger partial charge on any atom is 0.162 e. The molecule has 0 unspecified atom stereocenters. The smallest absolute Gasteiger partial charge is 0.162 e. The van der Waals surface area contributed by atoms with Gasteiger partial charge in [0.15, 0.2) is 5.65 Å². The summed E-state index contributed by atoms with van der Waals surface area (Å²) < 4.78 is 7.74. The van der Waals surface area contributed by atoms with E-state index in [9.17, 15) is 0 Å². The van der Waals surface area contributed by atoms with Crippen LogP contribution in [0.25, 0.3) is 22.3 Å². The molecular weight excluding hydrogens is 294 g/mol. The molecule has 22 heavy (non-hydrogen) atoms. The normalized spacial score (nSPS) is 12.1. The van der Waals surface area contributed by atoms with Gasteiger partial charge >= 0.3 is 0 Å². The Morgan fingerprint density at radius 2 is 2.14 bits per heavy atom. The summed E-state index contributed by atoms with van der Waals surface area (Å²) in [6.45, 7) is 8.32. The number of ether oxygens (including phenoxy) is 1. The highest BCUT2D eigenvalue weighted by molar-refractivity contribution is 6.76. The van der Waals surface area contributed by atoms with Gasteiger partial charge in [-0.1, -0.05) is 19.6 Å².